The number of nitrogens with one attached hydrogen (secondary N) is 1. The van der Waals surface area contributed by atoms with Gasteiger partial charge in [0.25, 0.3) is 0 Å². The van der Waals surface area contributed by atoms with Crippen LogP contribution in [-0.4, -0.2) is 19.7 Å². The molecule has 104 valence electrons. The van der Waals surface area contributed by atoms with E-state index in [1.54, 1.807) is 35.7 Å². The lowest BCUT2D eigenvalue weighted by Gasteiger charge is -1.99. The van der Waals surface area contributed by atoms with E-state index in [4.69, 9.17) is 0 Å². The third kappa shape index (κ3) is 2.13. The summed E-state index contributed by atoms with van der Waals surface area (Å²) in [6.45, 7) is 0.669. The Balaban J connectivity index is 1.77. The molecule has 6 heteroatoms. The Morgan fingerprint density at radius 1 is 1.19 bits per heavy atom. The van der Waals surface area contributed by atoms with Gasteiger partial charge in [0, 0.05) is 4.88 Å². The number of imidazole rings is 1. The van der Waals surface area contributed by atoms with Crippen molar-refractivity contribution in [3.8, 4) is 11.4 Å². The smallest absolute Gasteiger partial charge is 0.177 e. The first-order valence-electron chi connectivity index (χ1n) is 6.50. The van der Waals surface area contributed by atoms with Gasteiger partial charge in [0.15, 0.2) is 5.65 Å². The second-order valence-corrected chi connectivity index (χ2v) is 5.72. The number of hydrogen-bond acceptors (Lipinski definition) is 3. The molecule has 0 atom stereocenters. The maximum absolute atomic E-state index is 13.8. The van der Waals surface area contributed by atoms with Crippen molar-refractivity contribution >= 4 is 22.5 Å². The monoisotopic (exact) mass is 298 g/mol. The van der Waals surface area contributed by atoms with E-state index in [-0.39, 0.29) is 5.82 Å². The van der Waals surface area contributed by atoms with Crippen LogP contribution in [0.25, 0.3) is 22.6 Å². The molecule has 0 unspecified atom stereocenters. The van der Waals surface area contributed by atoms with E-state index in [1.807, 2.05) is 16.1 Å². The Labute approximate surface area is 123 Å². The summed E-state index contributed by atoms with van der Waals surface area (Å²) in [7, 11) is 0. The molecule has 4 nitrogen and oxygen atoms in total. The third-order valence-electron chi connectivity index (χ3n) is 3.30. The van der Waals surface area contributed by atoms with Gasteiger partial charge in [-0.25, -0.2) is 14.1 Å². The normalized spacial score (nSPS) is 11.3. The van der Waals surface area contributed by atoms with E-state index < -0.39 is 0 Å². The zero-order valence-corrected chi connectivity index (χ0v) is 11.8. The van der Waals surface area contributed by atoms with Crippen molar-refractivity contribution in [2.24, 2.45) is 0 Å². The minimum atomic E-state index is -0.285. The minimum absolute atomic E-state index is 0.285. The number of fused-ring (bicyclic) bond motifs is 1. The number of thiophene rings is 1. The molecule has 0 aliphatic heterocycles. The Morgan fingerprint density at radius 3 is 2.90 bits per heavy atom. The molecule has 0 spiro atoms. The highest BCUT2D eigenvalue weighted by molar-refractivity contribution is 7.09. The van der Waals surface area contributed by atoms with Gasteiger partial charge < -0.3 is 4.98 Å². The number of H-pyrrole nitrogens is 1. The quantitative estimate of drug-likeness (QED) is 0.627. The first-order chi connectivity index (χ1) is 10.3. The highest BCUT2D eigenvalue weighted by Gasteiger charge is 2.13. The van der Waals surface area contributed by atoms with E-state index in [9.17, 15) is 4.39 Å². The standard InChI is InChI=1S/C15H11FN4S/c16-12-6-2-1-5-11(12)14-18-13-8-17-20(15(13)19-14)9-10-4-3-7-21-10/h1-8H,9H2,(H,18,19). The summed E-state index contributed by atoms with van der Waals surface area (Å²) < 4.78 is 15.7. The molecule has 3 heterocycles. The Morgan fingerprint density at radius 2 is 2.10 bits per heavy atom. The number of aromatic nitrogens is 4. The summed E-state index contributed by atoms with van der Waals surface area (Å²) in [5.74, 6) is 0.243. The molecule has 0 aliphatic rings. The Bertz CT molecular complexity index is 892. The van der Waals surface area contributed by atoms with Gasteiger partial charge in [-0.05, 0) is 23.6 Å². The zero-order chi connectivity index (χ0) is 14.2. The van der Waals surface area contributed by atoms with Crippen molar-refractivity contribution in [1.29, 1.82) is 0 Å². The van der Waals surface area contributed by atoms with Gasteiger partial charge in [-0.2, -0.15) is 5.10 Å². The Kier molecular flexibility index (Phi) is 2.82. The molecule has 1 aromatic carbocycles. The predicted octanol–water partition coefficient (Wildman–Crippen LogP) is 3.68. The summed E-state index contributed by atoms with van der Waals surface area (Å²) in [6, 6.07) is 10.7. The summed E-state index contributed by atoms with van der Waals surface area (Å²) in [5, 5.41) is 6.36. The van der Waals surface area contributed by atoms with Gasteiger partial charge in [-0.3, -0.25) is 0 Å². The van der Waals surface area contributed by atoms with Gasteiger partial charge >= 0.3 is 0 Å². The number of halogens is 1. The second-order valence-electron chi connectivity index (χ2n) is 4.68. The molecule has 21 heavy (non-hydrogen) atoms. The van der Waals surface area contributed by atoms with Crippen LogP contribution < -0.4 is 0 Å². The average molecular weight is 298 g/mol. The number of hydrogen-bond donors (Lipinski definition) is 1. The van der Waals surface area contributed by atoms with Crippen molar-refractivity contribution in [3.63, 3.8) is 0 Å². The zero-order valence-electron chi connectivity index (χ0n) is 11.0. The van der Waals surface area contributed by atoms with Crippen molar-refractivity contribution in [2.75, 3.05) is 0 Å². The van der Waals surface area contributed by atoms with Crippen LogP contribution in [0.2, 0.25) is 0 Å². The molecular weight excluding hydrogens is 287 g/mol. The van der Waals surface area contributed by atoms with Crippen LogP contribution in [0, 0.1) is 5.82 Å². The van der Waals surface area contributed by atoms with Crippen molar-refractivity contribution in [3.05, 3.63) is 58.7 Å². The molecule has 3 aromatic heterocycles. The third-order valence-corrected chi connectivity index (χ3v) is 4.16. The van der Waals surface area contributed by atoms with Crippen molar-refractivity contribution in [1.82, 2.24) is 19.7 Å². The number of aromatic amines is 1. The molecule has 4 aromatic rings. The number of nitrogens with zero attached hydrogens (tertiary/aromatic N) is 3. The molecule has 0 saturated heterocycles. The molecule has 1 N–H and O–H groups in total. The summed E-state index contributed by atoms with van der Waals surface area (Å²) in [5.41, 5.74) is 2.02. The fourth-order valence-corrected chi connectivity index (χ4v) is 2.98. The molecule has 0 amide bonds. The second kappa shape index (κ2) is 4.82. The fourth-order valence-electron chi connectivity index (χ4n) is 2.29. The molecule has 4 rings (SSSR count). The van der Waals surface area contributed by atoms with Crippen LogP contribution in [0.15, 0.2) is 48.0 Å². The van der Waals surface area contributed by atoms with Crippen LogP contribution in [0.3, 0.4) is 0 Å². The summed E-state index contributed by atoms with van der Waals surface area (Å²) >= 11 is 1.68. The lowest BCUT2D eigenvalue weighted by atomic mass is 10.2. The highest BCUT2D eigenvalue weighted by Crippen LogP contribution is 2.23. The van der Waals surface area contributed by atoms with Crippen molar-refractivity contribution < 1.29 is 4.39 Å². The van der Waals surface area contributed by atoms with Crippen LogP contribution >= 0.6 is 11.3 Å². The highest BCUT2D eigenvalue weighted by atomic mass is 32.1. The van der Waals surface area contributed by atoms with E-state index in [0.29, 0.717) is 17.9 Å². The Hall–Kier alpha value is -2.47. The van der Waals surface area contributed by atoms with Crippen LogP contribution in [0.1, 0.15) is 4.88 Å². The van der Waals surface area contributed by atoms with E-state index >= 15 is 0 Å². The summed E-state index contributed by atoms with van der Waals surface area (Å²) in [4.78, 5) is 8.82. The molecule has 0 radical (unpaired) electrons. The van der Waals surface area contributed by atoms with E-state index in [2.05, 4.69) is 21.1 Å². The SMILES string of the molecule is Fc1ccccc1-c1nc2c(cnn2Cc2cccs2)[nH]1. The van der Waals surface area contributed by atoms with Crippen LogP contribution in [0.5, 0.6) is 0 Å². The number of benzene rings is 1. The molecular formula is C15H11FN4S. The molecule has 0 bridgehead atoms. The van der Waals surface area contributed by atoms with Gasteiger partial charge in [-0.1, -0.05) is 18.2 Å². The average Bonchev–Trinajstić information content (AvgIpc) is 3.18. The first kappa shape index (κ1) is 12.3. The predicted molar refractivity (Wildman–Crippen MR) is 80.7 cm³/mol. The minimum Gasteiger partial charge on any atom is -0.335 e. The largest absolute Gasteiger partial charge is 0.335 e. The molecule has 0 fully saturated rings. The molecule has 0 saturated carbocycles. The summed E-state index contributed by atoms with van der Waals surface area (Å²) in [6.07, 6.45) is 1.72. The maximum atomic E-state index is 13.8. The van der Waals surface area contributed by atoms with Gasteiger partial charge in [0.1, 0.15) is 17.2 Å². The van der Waals surface area contributed by atoms with Gasteiger partial charge in [0.2, 0.25) is 0 Å². The van der Waals surface area contributed by atoms with Gasteiger partial charge in [-0.15, -0.1) is 11.3 Å². The van der Waals surface area contributed by atoms with Crippen LogP contribution in [-0.2, 0) is 6.54 Å². The van der Waals surface area contributed by atoms with E-state index in [1.165, 1.54) is 10.9 Å². The maximum Gasteiger partial charge on any atom is 0.177 e. The topological polar surface area (TPSA) is 46.5 Å². The lowest BCUT2D eigenvalue weighted by molar-refractivity contribution is 0.630. The molecule has 0 aliphatic carbocycles. The van der Waals surface area contributed by atoms with E-state index in [0.717, 1.165) is 11.2 Å². The first-order valence-corrected chi connectivity index (χ1v) is 7.38. The van der Waals surface area contributed by atoms with Crippen LogP contribution in [0.4, 0.5) is 4.39 Å². The lowest BCUT2D eigenvalue weighted by Crippen LogP contribution is -2.00. The van der Waals surface area contributed by atoms with Crippen molar-refractivity contribution in [2.45, 2.75) is 6.54 Å². The fraction of sp³-hybridized carbons (Fsp3) is 0.0667. The number of rotatable bonds is 3. The van der Waals surface area contributed by atoms with Gasteiger partial charge in [0.05, 0.1) is 18.3 Å².